The first-order valence-corrected chi connectivity index (χ1v) is 12.4. The molecule has 170 valence electrons. The fourth-order valence-electron chi connectivity index (χ4n) is 4.52. The number of nitrogens with one attached hydrogen (secondary N) is 1. The molecular formula is C25H32N4O2S. The molecule has 1 N–H and O–H groups in total. The Balaban J connectivity index is 1.71. The van der Waals surface area contributed by atoms with Gasteiger partial charge in [-0.15, -0.1) is 11.3 Å². The van der Waals surface area contributed by atoms with E-state index in [0.717, 1.165) is 70.9 Å². The van der Waals surface area contributed by atoms with Crippen LogP contribution in [0.3, 0.4) is 0 Å². The van der Waals surface area contributed by atoms with Crippen molar-refractivity contribution in [1.29, 1.82) is 0 Å². The molecule has 2 aromatic heterocycles. The second-order valence-corrected chi connectivity index (χ2v) is 9.78. The molecule has 1 fully saturated rings. The zero-order chi connectivity index (χ0) is 22.8. The number of hydrogen-bond acceptors (Lipinski definition) is 5. The fraction of sp³-hybridized carbons (Fsp3) is 0.480. The SMILES string of the molecule is CCc1cccc(CC)c1NC(=O)Cn1c(CN2CCCC2)nc2sc(C)c(C)c2c1=O. The summed E-state index contributed by atoms with van der Waals surface area (Å²) < 4.78 is 1.59. The number of likely N-dealkylation sites (tertiary alicyclic amines) is 1. The molecule has 0 aliphatic carbocycles. The van der Waals surface area contributed by atoms with E-state index in [-0.39, 0.29) is 18.0 Å². The van der Waals surface area contributed by atoms with E-state index in [1.54, 1.807) is 15.9 Å². The van der Waals surface area contributed by atoms with E-state index >= 15 is 0 Å². The molecule has 7 heteroatoms. The van der Waals surface area contributed by atoms with Gasteiger partial charge in [-0.25, -0.2) is 4.98 Å². The minimum Gasteiger partial charge on any atom is -0.324 e. The van der Waals surface area contributed by atoms with Gasteiger partial charge >= 0.3 is 0 Å². The third-order valence-electron chi connectivity index (χ3n) is 6.50. The van der Waals surface area contributed by atoms with Crippen LogP contribution in [0.1, 0.15) is 54.1 Å². The second-order valence-electron chi connectivity index (χ2n) is 8.57. The molecule has 1 aromatic carbocycles. The topological polar surface area (TPSA) is 67.2 Å². The summed E-state index contributed by atoms with van der Waals surface area (Å²) in [6, 6.07) is 6.13. The van der Waals surface area contributed by atoms with E-state index in [2.05, 4.69) is 24.1 Å². The van der Waals surface area contributed by atoms with Crippen molar-refractivity contribution in [3.8, 4) is 0 Å². The van der Waals surface area contributed by atoms with Gasteiger partial charge in [0.2, 0.25) is 5.91 Å². The highest BCUT2D eigenvalue weighted by Gasteiger charge is 2.21. The Morgan fingerprint density at radius 2 is 1.78 bits per heavy atom. The third-order valence-corrected chi connectivity index (χ3v) is 7.60. The first-order chi connectivity index (χ1) is 15.4. The van der Waals surface area contributed by atoms with E-state index in [1.807, 2.05) is 32.0 Å². The van der Waals surface area contributed by atoms with Crippen LogP contribution < -0.4 is 10.9 Å². The number of benzene rings is 1. The van der Waals surface area contributed by atoms with E-state index in [0.29, 0.717) is 17.8 Å². The summed E-state index contributed by atoms with van der Waals surface area (Å²) in [7, 11) is 0. The van der Waals surface area contributed by atoms with Crippen molar-refractivity contribution in [2.45, 2.75) is 66.5 Å². The number of para-hydroxylation sites is 1. The summed E-state index contributed by atoms with van der Waals surface area (Å²) in [5, 5.41) is 3.75. The Kier molecular flexibility index (Phi) is 6.76. The molecule has 1 aliphatic rings. The number of thiophene rings is 1. The Hall–Kier alpha value is -2.51. The van der Waals surface area contributed by atoms with Crippen molar-refractivity contribution in [3.63, 3.8) is 0 Å². The highest BCUT2D eigenvalue weighted by Crippen LogP contribution is 2.27. The maximum Gasteiger partial charge on any atom is 0.263 e. The smallest absolute Gasteiger partial charge is 0.263 e. The molecule has 4 rings (SSSR count). The number of amides is 1. The minimum absolute atomic E-state index is 0.0273. The van der Waals surface area contributed by atoms with Gasteiger partial charge in [0.25, 0.3) is 5.56 Å². The van der Waals surface area contributed by atoms with Crippen molar-refractivity contribution in [2.75, 3.05) is 18.4 Å². The zero-order valence-electron chi connectivity index (χ0n) is 19.5. The number of carbonyl (C=O) groups excluding carboxylic acids is 1. The van der Waals surface area contributed by atoms with Crippen molar-refractivity contribution >= 4 is 33.1 Å². The van der Waals surface area contributed by atoms with Gasteiger partial charge in [0.05, 0.1) is 11.9 Å². The maximum absolute atomic E-state index is 13.5. The highest BCUT2D eigenvalue weighted by atomic mass is 32.1. The number of aryl methyl sites for hydroxylation is 4. The van der Waals surface area contributed by atoms with Crippen molar-refractivity contribution < 1.29 is 4.79 Å². The van der Waals surface area contributed by atoms with Crippen LogP contribution in [0.5, 0.6) is 0 Å². The summed E-state index contributed by atoms with van der Waals surface area (Å²) in [6.07, 6.45) is 4.00. The number of aromatic nitrogens is 2. The van der Waals surface area contributed by atoms with Gasteiger partial charge in [0, 0.05) is 10.6 Å². The van der Waals surface area contributed by atoms with E-state index < -0.39 is 0 Å². The molecule has 3 aromatic rings. The number of nitrogens with zero attached hydrogens (tertiary/aromatic N) is 3. The Morgan fingerprint density at radius 1 is 1.12 bits per heavy atom. The Bertz CT molecular complexity index is 1180. The standard InChI is InChI=1S/C25H32N4O2S/c1-5-18-10-9-11-19(6-2)23(18)27-21(30)15-29-20(14-28-12-7-8-13-28)26-24-22(25(29)31)16(3)17(4)32-24/h9-11H,5-8,12-15H2,1-4H3,(H,27,30). The Labute approximate surface area is 193 Å². The van der Waals surface area contributed by atoms with Gasteiger partial charge < -0.3 is 5.32 Å². The summed E-state index contributed by atoms with van der Waals surface area (Å²) in [4.78, 5) is 35.8. The third kappa shape index (κ3) is 4.36. The van der Waals surface area contributed by atoms with Crippen LogP contribution in [0.25, 0.3) is 10.2 Å². The number of rotatable bonds is 7. The lowest BCUT2D eigenvalue weighted by atomic mass is 10.0. The fourth-order valence-corrected chi connectivity index (χ4v) is 5.56. The predicted octanol–water partition coefficient (Wildman–Crippen LogP) is 4.43. The molecule has 0 saturated carbocycles. The molecule has 0 spiro atoms. The van der Waals surface area contributed by atoms with E-state index in [9.17, 15) is 9.59 Å². The molecular weight excluding hydrogens is 420 g/mol. The van der Waals surface area contributed by atoms with Crippen LogP contribution in [-0.2, 0) is 30.7 Å². The Morgan fingerprint density at radius 3 is 2.41 bits per heavy atom. The van der Waals surface area contributed by atoms with Crippen molar-refractivity contribution in [2.24, 2.45) is 0 Å². The normalized spacial score (nSPS) is 14.4. The number of fused-ring (bicyclic) bond motifs is 1. The lowest BCUT2D eigenvalue weighted by Crippen LogP contribution is -2.34. The van der Waals surface area contributed by atoms with Gasteiger partial charge in [0.1, 0.15) is 17.2 Å². The molecule has 3 heterocycles. The van der Waals surface area contributed by atoms with Crippen molar-refractivity contribution in [1.82, 2.24) is 14.5 Å². The van der Waals surface area contributed by atoms with Crippen LogP contribution in [0, 0.1) is 13.8 Å². The van der Waals surface area contributed by atoms with Gasteiger partial charge in [-0.2, -0.15) is 0 Å². The number of hydrogen-bond donors (Lipinski definition) is 1. The molecule has 1 aliphatic heterocycles. The molecule has 1 saturated heterocycles. The molecule has 1 amide bonds. The van der Waals surface area contributed by atoms with Crippen LogP contribution >= 0.6 is 11.3 Å². The average Bonchev–Trinajstić information content (AvgIpc) is 3.38. The van der Waals surface area contributed by atoms with Crippen LogP contribution in [-0.4, -0.2) is 33.4 Å². The van der Waals surface area contributed by atoms with E-state index in [4.69, 9.17) is 4.98 Å². The highest BCUT2D eigenvalue weighted by molar-refractivity contribution is 7.18. The molecule has 0 bridgehead atoms. The first-order valence-electron chi connectivity index (χ1n) is 11.5. The van der Waals surface area contributed by atoms with Gasteiger partial charge in [-0.1, -0.05) is 32.0 Å². The lowest BCUT2D eigenvalue weighted by molar-refractivity contribution is -0.116. The molecule has 0 atom stereocenters. The summed E-state index contributed by atoms with van der Waals surface area (Å²) in [5.74, 6) is 0.497. The quantitative estimate of drug-likeness (QED) is 0.576. The first kappa shape index (κ1) is 22.7. The van der Waals surface area contributed by atoms with Crippen molar-refractivity contribution in [3.05, 3.63) is 55.9 Å². The average molecular weight is 453 g/mol. The minimum atomic E-state index is -0.184. The van der Waals surface area contributed by atoms with Gasteiger partial charge in [-0.3, -0.25) is 19.1 Å². The molecule has 6 nitrogen and oxygen atoms in total. The maximum atomic E-state index is 13.5. The van der Waals surface area contributed by atoms with Crippen LogP contribution in [0.4, 0.5) is 5.69 Å². The van der Waals surface area contributed by atoms with Crippen LogP contribution in [0.2, 0.25) is 0 Å². The molecule has 0 radical (unpaired) electrons. The molecule has 32 heavy (non-hydrogen) atoms. The zero-order valence-corrected chi connectivity index (χ0v) is 20.3. The number of anilines is 1. The van der Waals surface area contributed by atoms with E-state index in [1.165, 1.54) is 0 Å². The number of carbonyl (C=O) groups is 1. The van der Waals surface area contributed by atoms with Crippen LogP contribution in [0.15, 0.2) is 23.0 Å². The summed E-state index contributed by atoms with van der Waals surface area (Å²) in [6.45, 7) is 10.7. The molecule has 0 unspecified atom stereocenters. The van der Waals surface area contributed by atoms with Gasteiger partial charge in [0.15, 0.2) is 0 Å². The summed E-state index contributed by atoms with van der Waals surface area (Å²) >= 11 is 1.56. The lowest BCUT2D eigenvalue weighted by Gasteiger charge is -2.19. The monoisotopic (exact) mass is 452 g/mol. The predicted molar refractivity (Wildman–Crippen MR) is 132 cm³/mol. The summed E-state index contributed by atoms with van der Waals surface area (Å²) in [5.41, 5.74) is 3.96. The largest absolute Gasteiger partial charge is 0.324 e. The van der Waals surface area contributed by atoms with Gasteiger partial charge in [-0.05, 0) is 69.3 Å². The second kappa shape index (κ2) is 9.55.